The van der Waals surface area contributed by atoms with E-state index in [2.05, 4.69) is 10.2 Å². The highest BCUT2D eigenvalue weighted by molar-refractivity contribution is 6.31. The Morgan fingerprint density at radius 2 is 2.05 bits per heavy atom. The number of benzene rings is 1. The number of carbonyl (C=O) groups excluding carboxylic acids is 1. The van der Waals surface area contributed by atoms with Crippen LogP contribution in [0.3, 0.4) is 0 Å². The molecule has 104 valence electrons. The van der Waals surface area contributed by atoms with E-state index >= 15 is 0 Å². The maximum Gasteiger partial charge on any atom is 0.227 e. The first-order chi connectivity index (χ1) is 9.74. The van der Waals surface area contributed by atoms with Gasteiger partial charge in [0.2, 0.25) is 5.91 Å². The second kappa shape index (κ2) is 5.63. The lowest BCUT2D eigenvalue weighted by Crippen LogP contribution is -2.30. The van der Waals surface area contributed by atoms with Crippen molar-refractivity contribution < 1.29 is 4.79 Å². The van der Waals surface area contributed by atoms with Crippen LogP contribution < -0.4 is 0 Å². The van der Waals surface area contributed by atoms with E-state index in [0.29, 0.717) is 18.0 Å². The molecule has 0 aliphatic carbocycles. The van der Waals surface area contributed by atoms with Crippen molar-refractivity contribution in [3.05, 3.63) is 47.2 Å². The summed E-state index contributed by atoms with van der Waals surface area (Å²) in [6.07, 6.45) is 4.56. The molecule has 5 nitrogen and oxygen atoms in total. The van der Waals surface area contributed by atoms with Gasteiger partial charge >= 0.3 is 0 Å². The van der Waals surface area contributed by atoms with Crippen LogP contribution in [0.2, 0.25) is 5.02 Å². The van der Waals surface area contributed by atoms with Crippen LogP contribution >= 0.6 is 11.6 Å². The number of carbonyl (C=O) groups is 1. The molecule has 1 aliphatic rings. The topological polar surface area (TPSA) is 51.0 Å². The fraction of sp³-hybridized carbons (Fsp3) is 0.357. The lowest BCUT2D eigenvalue weighted by atomic mass is 10.1. The number of likely N-dealkylation sites (tertiary alicyclic amines) is 1. The van der Waals surface area contributed by atoms with Crippen molar-refractivity contribution in [2.45, 2.75) is 18.9 Å². The number of amides is 1. The predicted octanol–water partition coefficient (Wildman–Crippen LogP) is 1.95. The molecule has 1 aromatic heterocycles. The van der Waals surface area contributed by atoms with Crippen molar-refractivity contribution in [2.75, 3.05) is 13.1 Å². The Morgan fingerprint density at radius 1 is 1.30 bits per heavy atom. The minimum absolute atomic E-state index is 0.104. The normalized spacial score (nSPS) is 18.4. The average Bonchev–Trinajstić information content (AvgIpc) is 3.11. The van der Waals surface area contributed by atoms with Crippen molar-refractivity contribution in [2.24, 2.45) is 0 Å². The zero-order valence-corrected chi connectivity index (χ0v) is 11.7. The lowest BCUT2D eigenvalue weighted by molar-refractivity contribution is -0.129. The zero-order chi connectivity index (χ0) is 13.9. The van der Waals surface area contributed by atoms with Gasteiger partial charge in [-0.3, -0.25) is 4.79 Å². The Kier molecular flexibility index (Phi) is 3.69. The van der Waals surface area contributed by atoms with Crippen molar-refractivity contribution in [3.63, 3.8) is 0 Å². The van der Waals surface area contributed by atoms with Gasteiger partial charge in [-0.05, 0) is 18.1 Å². The van der Waals surface area contributed by atoms with Gasteiger partial charge in [-0.1, -0.05) is 29.8 Å². The molecule has 0 unspecified atom stereocenters. The van der Waals surface area contributed by atoms with E-state index in [1.165, 1.54) is 0 Å². The molecule has 1 aliphatic heterocycles. The number of hydrogen-bond donors (Lipinski definition) is 0. The summed E-state index contributed by atoms with van der Waals surface area (Å²) < 4.78 is 0. The van der Waals surface area contributed by atoms with Crippen molar-refractivity contribution >= 4 is 17.5 Å². The van der Waals surface area contributed by atoms with Crippen LogP contribution in [0.25, 0.3) is 0 Å². The Morgan fingerprint density at radius 3 is 2.80 bits per heavy atom. The van der Waals surface area contributed by atoms with Crippen molar-refractivity contribution in [3.8, 4) is 0 Å². The van der Waals surface area contributed by atoms with Gasteiger partial charge in [-0.15, -0.1) is 0 Å². The largest absolute Gasteiger partial charge is 0.340 e. The van der Waals surface area contributed by atoms with Crippen LogP contribution in [0.5, 0.6) is 0 Å². The van der Waals surface area contributed by atoms with Crippen LogP contribution in [-0.2, 0) is 11.2 Å². The monoisotopic (exact) mass is 290 g/mol. The molecule has 1 amide bonds. The van der Waals surface area contributed by atoms with Gasteiger partial charge in [0.25, 0.3) is 0 Å². The summed E-state index contributed by atoms with van der Waals surface area (Å²) in [4.78, 5) is 15.8. The van der Waals surface area contributed by atoms with Gasteiger partial charge in [-0.2, -0.15) is 15.0 Å². The average molecular weight is 291 g/mol. The highest BCUT2D eigenvalue weighted by Gasteiger charge is 2.28. The van der Waals surface area contributed by atoms with E-state index in [1.54, 1.807) is 17.2 Å². The zero-order valence-electron chi connectivity index (χ0n) is 10.9. The molecular formula is C14H15ClN4O. The van der Waals surface area contributed by atoms with Crippen LogP contribution in [0.4, 0.5) is 0 Å². The Bertz CT molecular complexity index is 599. The van der Waals surface area contributed by atoms with Gasteiger partial charge in [0.1, 0.15) is 0 Å². The SMILES string of the molecule is O=C(Cc1ccccc1Cl)N1CC[C@H](n2nccn2)C1. The van der Waals surface area contributed by atoms with Crippen LogP contribution in [0, 0.1) is 0 Å². The summed E-state index contributed by atoms with van der Waals surface area (Å²) in [5.74, 6) is 0.104. The molecule has 20 heavy (non-hydrogen) atoms. The molecule has 3 rings (SSSR count). The molecule has 0 bridgehead atoms. The molecule has 1 atom stereocenters. The second-order valence-electron chi connectivity index (χ2n) is 4.90. The minimum atomic E-state index is 0.104. The van der Waals surface area contributed by atoms with E-state index in [1.807, 2.05) is 29.2 Å². The fourth-order valence-corrected chi connectivity index (χ4v) is 2.69. The van der Waals surface area contributed by atoms with Crippen LogP contribution in [0.1, 0.15) is 18.0 Å². The highest BCUT2D eigenvalue weighted by Crippen LogP contribution is 2.22. The summed E-state index contributed by atoms with van der Waals surface area (Å²) in [5.41, 5.74) is 0.875. The Balaban J connectivity index is 1.63. The maximum atomic E-state index is 12.3. The van der Waals surface area contributed by atoms with E-state index < -0.39 is 0 Å². The van der Waals surface area contributed by atoms with E-state index in [9.17, 15) is 4.79 Å². The summed E-state index contributed by atoms with van der Waals surface area (Å²) in [6, 6.07) is 7.65. The van der Waals surface area contributed by atoms with Gasteiger partial charge in [0, 0.05) is 18.1 Å². The standard InChI is InChI=1S/C14H15ClN4O/c15-13-4-2-1-3-11(13)9-14(20)18-8-5-12(10-18)19-16-6-7-17-19/h1-4,6-7,12H,5,8-10H2/t12-/m0/s1. The molecule has 0 saturated carbocycles. The first kappa shape index (κ1) is 13.1. The summed E-state index contributed by atoms with van der Waals surface area (Å²) >= 11 is 6.09. The molecular weight excluding hydrogens is 276 g/mol. The lowest BCUT2D eigenvalue weighted by Gasteiger charge is -2.16. The predicted molar refractivity (Wildman–Crippen MR) is 75.4 cm³/mol. The van der Waals surface area contributed by atoms with Gasteiger partial charge in [-0.25, -0.2) is 0 Å². The Hall–Kier alpha value is -1.88. The quantitative estimate of drug-likeness (QED) is 0.868. The molecule has 0 spiro atoms. The third-order valence-electron chi connectivity index (χ3n) is 3.58. The smallest absolute Gasteiger partial charge is 0.227 e. The summed E-state index contributed by atoms with van der Waals surface area (Å²) in [7, 11) is 0. The molecule has 2 heterocycles. The molecule has 6 heteroatoms. The van der Waals surface area contributed by atoms with E-state index in [4.69, 9.17) is 11.6 Å². The van der Waals surface area contributed by atoms with Crippen molar-refractivity contribution in [1.82, 2.24) is 19.9 Å². The van der Waals surface area contributed by atoms with Crippen LogP contribution in [0.15, 0.2) is 36.7 Å². The number of aromatic nitrogens is 3. The number of rotatable bonds is 3. The summed E-state index contributed by atoms with van der Waals surface area (Å²) in [5, 5.41) is 8.92. The first-order valence-corrected chi connectivity index (χ1v) is 6.99. The molecule has 0 N–H and O–H groups in total. The van der Waals surface area contributed by atoms with E-state index in [-0.39, 0.29) is 11.9 Å². The first-order valence-electron chi connectivity index (χ1n) is 6.61. The van der Waals surface area contributed by atoms with Gasteiger partial charge in [0.15, 0.2) is 0 Å². The fourth-order valence-electron chi connectivity index (χ4n) is 2.49. The molecule has 2 aromatic rings. The van der Waals surface area contributed by atoms with Gasteiger partial charge < -0.3 is 4.90 Å². The molecule has 0 radical (unpaired) electrons. The molecule has 1 aromatic carbocycles. The van der Waals surface area contributed by atoms with Crippen LogP contribution in [-0.4, -0.2) is 38.9 Å². The summed E-state index contributed by atoms with van der Waals surface area (Å²) in [6.45, 7) is 1.41. The molecule has 1 saturated heterocycles. The van der Waals surface area contributed by atoms with Gasteiger partial charge in [0.05, 0.1) is 24.9 Å². The number of hydrogen-bond acceptors (Lipinski definition) is 3. The maximum absolute atomic E-state index is 12.3. The number of nitrogens with zero attached hydrogens (tertiary/aromatic N) is 4. The van der Waals surface area contributed by atoms with E-state index in [0.717, 1.165) is 18.5 Å². The third-order valence-corrected chi connectivity index (χ3v) is 3.95. The number of halogens is 1. The third kappa shape index (κ3) is 2.67. The second-order valence-corrected chi connectivity index (χ2v) is 5.31. The Labute approximate surface area is 122 Å². The minimum Gasteiger partial charge on any atom is -0.340 e. The highest BCUT2D eigenvalue weighted by atomic mass is 35.5. The van der Waals surface area contributed by atoms with Crippen molar-refractivity contribution in [1.29, 1.82) is 0 Å². The molecule has 1 fully saturated rings.